The Kier molecular flexibility index (Phi) is 6.69. The van der Waals surface area contributed by atoms with Crippen LogP contribution in [-0.4, -0.2) is 16.6 Å². The Morgan fingerprint density at radius 2 is 1.59 bits per heavy atom. The van der Waals surface area contributed by atoms with E-state index in [-0.39, 0.29) is 25.6 Å². The number of para-hydroxylation sites is 2. The van der Waals surface area contributed by atoms with Crippen molar-refractivity contribution in [1.29, 1.82) is 0 Å². The summed E-state index contributed by atoms with van der Waals surface area (Å²) < 4.78 is 4.36. The van der Waals surface area contributed by atoms with Crippen LogP contribution in [0.3, 0.4) is 0 Å². The van der Waals surface area contributed by atoms with Crippen molar-refractivity contribution in [3.05, 3.63) is 104 Å². The molecule has 34 heavy (non-hydrogen) atoms. The van der Waals surface area contributed by atoms with Crippen molar-refractivity contribution in [2.24, 2.45) is 0 Å². The normalized spacial score (nSPS) is 11.8. The minimum Gasteiger partial charge on any atom is -0.407 e. The fourth-order valence-corrected chi connectivity index (χ4v) is 4.15. The zero-order valence-electron chi connectivity index (χ0n) is 19.7. The van der Waals surface area contributed by atoms with Gasteiger partial charge in [-0.2, -0.15) is 24.3 Å². The van der Waals surface area contributed by atoms with Crippen LogP contribution in [-0.2, 0) is 25.6 Å². The first-order valence-electron chi connectivity index (χ1n) is 11.1. The third kappa shape index (κ3) is 4.29. The first kappa shape index (κ1) is 23.9. The molecular formula is C29H26IrN4+. The van der Waals surface area contributed by atoms with E-state index in [2.05, 4.69) is 89.6 Å². The number of hydrogen-bond donors (Lipinski definition) is 0. The van der Waals surface area contributed by atoms with Crippen LogP contribution in [0.5, 0.6) is 0 Å². The smallest absolute Gasteiger partial charge is 0.407 e. The molecule has 3 aromatic carbocycles. The molecule has 0 spiro atoms. The summed E-state index contributed by atoms with van der Waals surface area (Å²) in [5.74, 6) is 0. The van der Waals surface area contributed by atoms with Crippen LogP contribution in [0.15, 0.2) is 85.1 Å². The van der Waals surface area contributed by atoms with Gasteiger partial charge in [-0.05, 0) is 51.3 Å². The first-order chi connectivity index (χ1) is 15.9. The number of aromatic nitrogens is 3. The Labute approximate surface area is 214 Å². The van der Waals surface area contributed by atoms with E-state index in [4.69, 9.17) is 0 Å². The molecule has 0 aliphatic carbocycles. The van der Waals surface area contributed by atoms with Crippen LogP contribution in [0.2, 0.25) is 0 Å². The van der Waals surface area contributed by atoms with Gasteiger partial charge in [-0.1, -0.05) is 30.0 Å². The molecule has 0 bridgehead atoms. The molecule has 6 rings (SSSR count). The molecule has 170 valence electrons. The van der Waals surface area contributed by atoms with Gasteiger partial charge in [0.25, 0.3) is 0 Å². The average Bonchev–Trinajstić information content (AvgIpc) is 3.25. The molecular weight excluding hydrogens is 597 g/mol. The van der Waals surface area contributed by atoms with E-state index < -0.39 is 0 Å². The second kappa shape index (κ2) is 9.53. The maximum absolute atomic E-state index is 4.22. The quantitative estimate of drug-likeness (QED) is 0.172. The zero-order chi connectivity index (χ0) is 23.0. The molecule has 0 unspecified atom stereocenters. The Hall–Kier alpha value is -3.27. The Morgan fingerprint density at radius 1 is 0.824 bits per heavy atom. The topological polar surface area (TPSA) is 24.9 Å². The van der Waals surface area contributed by atoms with Gasteiger partial charge in [0.1, 0.15) is 0 Å². The van der Waals surface area contributed by atoms with E-state index >= 15 is 0 Å². The number of pyridine rings is 1. The molecule has 4 nitrogen and oxygen atoms in total. The van der Waals surface area contributed by atoms with Gasteiger partial charge >= 0.3 is 20.1 Å². The third-order valence-electron chi connectivity index (χ3n) is 5.74. The zero-order valence-corrected chi connectivity index (χ0v) is 22.1. The SMILES string of the molecule is CN1c2ccc[c-]c2-[n+]2[c-]n(C(C)(C)C)c3cccc1c32.[Ir+3].[c-]1ccccc1-c1ccccn1. The summed E-state index contributed by atoms with van der Waals surface area (Å²) in [6.07, 6.45) is 5.31. The number of nitrogens with zero attached hydrogens (tertiary/aromatic N) is 4. The van der Waals surface area contributed by atoms with Gasteiger partial charge in [-0.15, -0.1) is 35.9 Å². The molecule has 0 N–H and O–H groups in total. The van der Waals surface area contributed by atoms with E-state index in [0.29, 0.717) is 0 Å². The van der Waals surface area contributed by atoms with Gasteiger partial charge in [0.05, 0.1) is 16.6 Å². The summed E-state index contributed by atoms with van der Waals surface area (Å²) in [6.45, 7) is 6.62. The fraction of sp³-hybridized carbons (Fsp3) is 0.172. The number of imidazole rings is 1. The van der Waals surface area contributed by atoms with Gasteiger partial charge in [0.15, 0.2) is 0 Å². The first-order valence-corrected chi connectivity index (χ1v) is 11.1. The number of hydrogen-bond acceptors (Lipinski definition) is 2. The standard InChI is InChI=1S/C18H18N3.C11H8N.Ir/c1-18(2,3)21-12-20-14-9-6-5-8-13(14)19(4)15-10-7-11-16(21)17(15)20;1-2-6-10(7-3-1)11-8-4-5-9-12-11;/h5-8,10-11H,1-4H3;1-6,8-9H;/q2*-1;+3. The number of fused-ring (bicyclic) bond motifs is 2. The monoisotopic (exact) mass is 623 g/mol. The van der Waals surface area contributed by atoms with Crippen LogP contribution in [0, 0.1) is 18.5 Å². The van der Waals surface area contributed by atoms with Crippen LogP contribution < -0.4 is 9.47 Å². The van der Waals surface area contributed by atoms with Crippen molar-refractivity contribution in [3.8, 4) is 16.9 Å². The number of rotatable bonds is 1. The van der Waals surface area contributed by atoms with Gasteiger partial charge in [-0.3, -0.25) is 0 Å². The molecule has 0 fully saturated rings. The van der Waals surface area contributed by atoms with E-state index in [1.165, 1.54) is 16.7 Å². The van der Waals surface area contributed by atoms with Crippen LogP contribution >= 0.6 is 0 Å². The molecule has 0 saturated carbocycles. The molecule has 0 amide bonds. The van der Waals surface area contributed by atoms with Crippen molar-refractivity contribution in [2.45, 2.75) is 26.3 Å². The van der Waals surface area contributed by atoms with E-state index in [9.17, 15) is 0 Å². The predicted octanol–water partition coefficient (Wildman–Crippen LogP) is 5.90. The second-order valence-corrected chi connectivity index (χ2v) is 9.04. The minimum atomic E-state index is -0.0139. The van der Waals surface area contributed by atoms with Gasteiger partial charge in [0, 0.05) is 11.9 Å². The summed E-state index contributed by atoms with van der Waals surface area (Å²) in [5.41, 5.74) is 7.83. The summed E-state index contributed by atoms with van der Waals surface area (Å²) in [6, 6.07) is 32.7. The molecule has 0 atom stereocenters. The summed E-state index contributed by atoms with van der Waals surface area (Å²) in [5, 5.41) is 0. The van der Waals surface area contributed by atoms with Gasteiger partial charge < -0.3 is 19.0 Å². The molecule has 0 saturated heterocycles. The molecule has 5 aromatic rings. The molecule has 0 radical (unpaired) electrons. The van der Waals surface area contributed by atoms with Crippen LogP contribution in [0.1, 0.15) is 20.8 Å². The second-order valence-electron chi connectivity index (χ2n) is 9.04. The van der Waals surface area contributed by atoms with E-state index in [1.54, 1.807) is 6.20 Å². The van der Waals surface area contributed by atoms with Gasteiger partial charge in [-0.25, -0.2) is 0 Å². The van der Waals surface area contributed by atoms with E-state index in [1.807, 2.05) is 54.6 Å². The number of benzene rings is 3. The Morgan fingerprint density at radius 3 is 2.29 bits per heavy atom. The average molecular weight is 623 g/mol. The van der Waals surface area contributed by atoms with Gasteiger partial charge in [0.2, 0.25) is 6.33 Å². The van der Waals surface area contributed by atoms with Crippen LogP contribution in [0.25, 0.3) is 28.0 Å². The maximum Gasteiger partial charge on any atom is 3.00 e. The van der Waals surface area contributed by atoms with Crippen LogP contribution in [0.4, 0.5) is 11.4 Å². The summed E-state index contributed by atoms with van der Waals surface area (Å²) >= 11 is 0. The summed E-state index contributed by atoms with van der Waals surface area (Å²) in [4.78, 5) is 6.45. The number of anilines is 2. The third-order valence-corrected chi connectivity index (χ3v) is 5.74. The van der Waals surface area contributed by atoms with Crippen molar-refractivity contribution in [2.75, 3.05) is 11.9 Å². The molecule has 2 aromatic heterocycles. The Bertz CT molecular complexity index is 1370. The minimum absolute atomic E-state index is 0. The fourth-order valence-electron chi connectivity index (χ4n) is 4.15. The van der Waals surface area contributed by atoms with Crippen molar-refractivity contribution < 1.29 is 24.7 Å². The molecule has 3 heterocycles. The van der Waals surface area contributed by atoms with Crippen molar-refractivity contribution in [3.63, 3.8) is 0 Å². The van der Waals surface area contributed by atoms with Crippen molar-refractivity contribution >= 4 is 22.4 Å². The molecule has 1 aliphatic heterocycles. The molecule has 1 aliphatic rings. The molecule has 5 heteroatoms. The summed E-state index contributed by atoms with van der Waals surface area (Å²) in [7, 11) is 2.11. The maximum atomic E-state index is 4.22. The largest absolute Gasteiger partial charge is 3.00 e. The predicted molar refractivity (Wildman–Crippen MR) is 133 cm³/mol. The van der Waals surface area contributed by atoms with E-state index in [0.717, 1.165) is 22.6 Å². The Balaban J connectivity index is 0.000000180. The van der Waals surface area contributed by atoms with Crippen molar-refractivity contribution in [1.82, 2.24) is 9.55 Å².